The number of carbonyl (C=O) groups is 2. The molecule has 0 radical (unpaired) electrons. The molecule has 0 unspecified atom stereocenters. The van der Waals surface area contributed by atoms with Gasteiger partial charge in [-0.05, 0) is 44.9 Å². The number of benzene rings is 2. The van der Waals surface area contributed by atoms with Crippen molar-refractivity contribution in [2.24, 2.45) is 0 Å². The topological polar surface area (TPSA) is 105 Å². The number of rotatable bonds is 12. The van der Waals surface area contributed by atoms with Gasteiger partial charge in [0.15, 0.2) is 0 Å². The molecule has 0 spiro atoms. The van der Waals surface area contributed by atoms with Crippen LogP contribution >= 0.6 is 0 Å². The molecule has 192 valence electrons. The number of methoxy groups -OCH3 is 2. The predicted molar refractivity (Wildman–Crippen MR) is 136 cm³/mol. The summed E-state index contributed by atoms with van der Waals surface area (Å²) in [4.78, 5) is 27.7. The van der Waals surface area contributed by atoms with E-state index in [4.69, 9.17) is 9.47 Å². The van der Waals surface area contributed by atoms with Crippen LogP contribution in [0.3, 0.4) is 0 Å². The van der Waals surface area contributed by atoms with Crippen molar-refractivity contribution >= 4 is 27.5 Å². The molecule has 2 aromatic rings. The van der Waals surface area contributed by atoms with E-state index in [1.807, 2.05) is 44.2 Å². The molecule has 0 saturated heterocycles. The smallest absolute Gasteiger partial charge is 0.244 e. The van der Waals surface area contributed by atoms with E-state index in [2.05, 4.69) is 5.32 Å². The first-order valence-electron chi connectivity index (χ1n) is 11.3. The Bertz CT molecular complexity index is 1110. The van der Waals surface area contributed by atoms with E-state index in [0.717, 1.165) is 16.1 Å². The van der Waals surface area contributed by atoms with Gasteiger partial charge in [-0.25, -0.2) is 8.42 Å². The number of anilines is 1. The van der Waals surface area contributed by atoms with Crippen LogP contribution in [-0.2, 0) is 26.0 Å². The Labute approximate surface area is 208 Å². The van der Waals surface area contributed by atoms with Gasteiger partial charge in [0.05, 0.1) is 26.2 Å². The zero-order valence-corrected chi connectivity index (χ0v) is 22.0. The highest BCUT2D eigenvalue weighted by atomic mass is 32.2. The molecule has 1 N–H and O–H groups in total. The zero-order chi connectivity index (χ0) is 26.2. The van der Waals surface area contributed by atoms with Gasteiger partial charge in [-0.3, -0.25) is 13.9 Å². The lowest BCUT2D eigenvalue weighted by molar-refractivity contribution is -0.139. The van der Waals surface area contributed by atoms with Gasteiger partial charge in [-0.2, -0.15) is 0 Å². The van der Waals surface area contributed by atoms with Gasteiger partial charge in [0.25, 0.3) is 0 Å². The van der Waals surface area contributed by atoms with E-state index >= 15 is 0 Å². The molecule has 2 aromatic carbocycles. The summed E-state index contributed by atoms with van der Waals surface area (Å²) in [5, 5.41) is 2.82. The summed E-state index contributed by atoms with van der Waals surface area (Å²) in [5.74, 6) is -0.0946. The van der Waals surface area contributed by atoms with Crippen LogP contribution in [0.5, 0.6) is 11.5 Å². The lowest BCUT2D eigenvalue weighted by Gasteiger charge is -2.32. The van der Waals surface area contributed by atoms with Crippen LogP contribution in [-0.4, -0.2) is 70.8 Å². The van der Waals surface area contributed by atoms with E-state index in [-0.39, 0.29) is 29.9 Å². The van der Waals surface area contributed by atoms with Gasteiger partial charge in [0, 0.05) is 18.7 Å². The highest BCUT2D eigenvalue weighted by Crippen LogP contribution is 2.33. The van der Waals surface area contributed by atoms with Gasteiger partial charge in [0.1, 0.15) is 24.1 Å². The quantitative estimate of drug-likeness (QED) is 0.475. The zero-order valence-electron chi connectivity index (χ0n) is 21.1. The molecule has 0 aliphatic heterocycles. The number of hydrogen-bond acceptors (Lipinski definition) is 6. The number of ether oxygens (including phenoxy) is 2. The maximum atomic E-state index is 13.5. The van der Waals surface area contributed by atoms with Gasteiger partial charge in [-0.15, -0.1) is 0 Å². The van der Waals surface area contributed by atoms with Crippen molar-refractivity contribution < 1.29 is 27.5 Å². The van der Waals surface area contributed by atoms with E-state index in [0.29, 0.717) is 12.2 Å². The second kappa shape index (κ2) is 12.4. The fourth-order valence-electron chi connectivity index (χ4n) is 3.56. The third kappa shape index (κ3) is 7.88. The van der Waals surface area contributed by atoms with Crippen molar-refractivity contribution in [3.8, 4) is 11.5 Å². The first-order valence-corrected chi connectivity index (χ1v) is 13.2. The fourth-order valence-corrected chi connectivity index (χ4v) is 4.41. The molecule has 10 heteroatoms. The SMILES string of the molecule is COc1ccc(N(CC(=O)N(CCc2ccccc2)[C@H](C)C(=O)NC(C)C)S(C)(=O)=O)c(OC)c1. The van der Waals surface area contributed by atoms with Gasteiger partial charge >= 0.3 is 0 Å². The molecule has 2 amide bonds. The van der Waals surface area contributed by atoms with Crippen molar-refractivity contribution in [2.75, 3.05) is 37.9 Å². The fraction of sp³-hybridized carbons (Fsp3) is 0.440. The first-order chi connectivity index (χ1) is 16.5. The van der Waals surface area contributed by atoms with E-state index < -0.39 is 28.5 Å². The number of carbonyl (C=O) groups excluding carboxylic acids is 2. The largest absolute Gasteiger partial charge is 0.497 e. The van der Waals surface area contributed by atoms with Crippen LogP contribution in [0.2, 0.25) is 0 Å². The van der Waals surface area contributed by atoms with Gasteiger partial charge in [0.2, 0.25) is 21.8 Å². The summed E-state index contributed by atoms with van der Waals surface area (Å²) < 4.78 is 37.0. The lowest BCUT2D eigenvalue weighted by atomic mass is 10.1. The summed E-state index contributed by atoms with van der Waals surface area (Å²) in [6.07, 6.45) is 1.53. The van der Waals surface area contributed by atoms with Crippen molar-refractivity contribution in [2.45, 2.75) is 39.3 Å². The molecule has 1 atom stereocenters. The van der Waals surface area contributed by atoms with Crippen molar-refractivity contribution in [1.82, 2.24) is 10.2 Å². The van der Waals surface area contributed by atoms with Crippen LogP contribution in [0.4, 0.5) is 5.69 Å². The minimum Gasteiger partial charge on any atom is -0.497 e. The number of nitrogens with zero attached hydrogens (tertiary/aromatic N) is 2. The van der Waals surface area contributed by atoms with Gasteiger partial charge < -0.3 is 19.7 Å². The van der Waals surface area contributed by atoms with Crippen LogP contribution in [0.1, 0.15) is 26.3 Å². The average Bonchev–Trinajstić information content (AvgIpc) is 2.81. The third-order valence-corrected chi connectivity index (χ3v) is 6.54. The molecule has 0 aromatic heterocycles. The number of sulfonamides is 1. The maximum absolute atomic E-state index is 13.5. The highest BCUT2D eigenvalue weighted by molar-refractivity contribution is 7.92. The van der Waals surface area contributed by atoms with Crippen LogP contribution in [0, 0.1) is 0 Å². The first kappa shape index (κ1) is 28.0. The monoisotopic (exact) mass is 505 g/mol. The second-order valence-electron chi connectivity index (χ2n) is 8.47. The summed E-state index contributed by atoms with van der Waals surface area (Å²) >= 11 is 0. The summed E-state index contributed by atoms with van der Waals surface area (Å²) in [7, 11) is -0.972. The molecule has 9 nitrogen and oxygen atoms in total. The molecular weight excluding hydrogens is 470 g/mol. The van der Waals surface area contributed by atoms with Crippen molar-refractivity contribution in [3.63, 3.8) is 0 Å². The summed E-state index contributed by atoms with van der Waals surface area (Å²) in [6.45, 7) is 5.06. The minimum absolute atomic E-state index is 0.105. The Hall–Kier alpha value is -3.27. The Morgan fingerprint density at radius 2 is 1.66 bits per heavy atom. The highest BCUT2D eigenvalue weighted by Gasteiger charge is 2.31. The number of hydrogen-bond donors (Lipinski definition) is 1. The van der Waals surface area contributed by atoms with Crippen LogP contribution in [0.25, 0.3) is 0 Å². The summed E-state index contributed by atoms with van der Waals surface area (Å²) in [6, 6.07) is 13.3. The predicted octanol–water partition coefficient (Wildman–Crippen LogP) is 2.45. The molecule has 0 saturated carbocycles. The van der Waals surface area contributed by atoms with Crippen LogP contribution in [0.15, 0.2) is 48.5 Å². The Morgan fingerprint density at radius 3 is 2.20 bits per heavy atom. The molecule has 0 aliphatic rings. The van der Waals surface area contributed by atoms with E-state index in [9.17, 15) is 18.0 Å². The van der Waals surface area contributed by atoms with Crippen molar-refractivity contribution in [3.05, 3.63) is 54.1 Å². The van der Waals surface area contributed by atoms with E-state index in [1.54, 1.807) is 19.1 Å². The average molecular weight is 506 g/mol. The Balaban J connectivity index is 2.38. The molecule has 0 aliphatic carbocycles. The van der Waals surface area contributed by atoms with Crippen molar-refractivity contribution in [1.29, 1.82) is 0 Å². The molecule has 0 heterocycles. The van der Waals surface area contributed by atoms with Gasteiger partial charge in [-0.1, -0.05) is 30.3 Å². The van der Waals surface area contributed by atoms with E-state index in [1.165, 1.54) is 25.2 Å². The molecule has 0 fully saturated rings. The maximum Gasteiger partial charge on any atom is 0.244 e. The second-order valence-corrected chi connectivity index (χ2v) is 10.4. The molecule has 2 rings (SSSR count). The third-order valence-electron chi connectivity index (χ3n) is 5.42. The molecule has 0 bridgehead atoms. The Morgan fingerprint density at radius 1 is 1.00 bits per heavy atom. The standard InChI is InChI=1S/C25H35N3O6S/c1-18(2)26-25(30)19(3)27(15-14-20-10-8-7-9-11-20)24(29)17-28(35(6,31)32)22-13-12-21(33-4)16-23(22)34-5/h7-13,16,18-19H,14-15,17H2,1-6H3,(H,26,30)/t19-/m1/s1. The number of nitrogens with one attached hydrogen (secondary N) is 1. The number of amides is 2. The lowest BCUT2D eigenvalue weighted by Crippen LogP contribution is -2.53. The molecule has 35 heavy (non-hydrogen) atoms. The summed E-state index contributed by atoms with van der Waals surface area (Å²) in [5.41, 5.74) is 1.20. The minimum atomic E-state index is -3.87. The van der Waals surface area contributed by atoms with Crippen LogP contribution < -0.4 is 19.1 Å². The Kier molecular flexibility index (Phi) is 9.94. The molecular formula is C25H35N3O6S. The normalized spacial score (nSPS) is 12.1.